The summed E-state index contributed by atoms with van der Waals surface area (Å²) in [5, 5.41) is 7.47. The van der Waals surface area contributed by atoms with Gasteiger partial charge in [0.15, 0.2) is 5.65 Å². The molecule has 0 saturated carbocycles. The number of hydrogen-bond donors (Lipinski definition) is 0. The van der Waals surface area contributed by atoms with Crippen LogP contribution in [-0.4, -0.2) is 56.7 Å². The first-order chi connectivity index (χ1) is 15.0. The van der Waals surface area contributed by atoms with Crippen LogP contribution in [0.4, 0.5) is 10.2 Å². The summed E-state index contributed by atoms with van der Waals surface area (Å²) in [5.74, 6) is 1.26. The summed E-state index contributed by atoms with van der Waals surface area (Å²) < 4.78 is 15.1. The molecule has 0 atom stereocenters. The van der Waals surface area contributed by atoms with Crippen LogP contribution in [0.1, 0.15) is 21.2 Å². The Balaban J connectivity index is 1.47. The van der Waals surface area contributed by atoms with Crippen LogP contribution >= 0.6 is 11.3 Å². The monoisotopic (exact) mass is 436 g/mol. The minimum Gasteiger partial charge on any atom is -0.352 e. The maximum Gasteiger partial charge on any atom is 0.264 e. The van der Waals surface area contributed by atoms with Crippen LogP contribution in [0.5, 0.6) is 0 Å². The molecule has 5 rings (SSSR count). The third-order valence-corrected chi connectivity index (χ3v) is 6.32. The average Bonchev–Trinajstić information content (AvgIpc) is 3.42. The third-order valence-electron chi connectivity index (χ3n) is 5.46. The van der Waals surface area contributed by atoms with E-state index in [0.29, 0.717) is 37.7 Å². The Hall–Kier alpha value is -3.33. The van der Waals surface area contributed by atoms with Gasteiger partial charge in [-0.05, 0) is 49.6 Å². The molecular weight excluding hydrogens is 415 g/mol. The lowest BCUT2D eigenvalue weighted by molar-refractivity contribution is 0.0751. The average molecular weight is 437 g/mol. The Morgan fingerprint density at radius 1 is 1.03 bits per heavy atom. The first kappa shape index (κ1) is 19.6. The summed E-state index contributed by atoms with van der Waals surface area (Å²) >= 11 is 1.47. The molecule has 3 aromatic heterocycles. The van der Waals surface area contributed by atoms with Crippen molar-refractivity contribution in [3.63, 3.8) is 0 Å². The maximum absolute atomic E-state index is 13.4. The lowest BCUT2D eigenvalue weighted by atomic mass is 10.2. The predicted molar refractivity (Wildman–Crippen MR) is 119 cm³/mol. The van der Waals surface area contributed by atoms with Gasteiger partial charge in [0, 0.05) is 26.2 Å². The number of piperazine rings is 1. The molecule has 1 aliphatic heterocycles. The zero-order valence-electron chi connectivity index (χ0n) is 17.2. The molecule has 0 unspecified atom stereocenters. The molecule has 31 heavy (non-hydrogen) atoms. The summed E-state index contributed by atoms with van der Waals surface area (Å²) in [5.41, 5.74) is 2.25. The fourth-order valence-corrected chi connectivity index (χ4v) is 4.63. The van der Waals surface area contributed by atoms with E-state index in [9.17, 15) is 9.18 Å². The van der Waals surface area contributed by atoms with E-state index in [1.165, 1.54) is 23.5 Å². The molecule has 7 nitrogen and oxygen atoms in total. The topological polar surface area (TPSA) is 67.2 Å². The highest BCUT2D eigenvalue weighted by molar-refractivity contribution is 7.12. The molecule has 1 aromatic carbocycles. The number of benzene rings is 1. The van der Waals surface area contributed by atoms with Crippen LogP contribution in [0.3, 0.4) is 0 Å². The molecule has 0 radical (unpaired) electrons. The van der Waals surface area contributed by atoms with E-state index in [1.807, 2.05) is 36.3 Å². The van der Waals surface area contributed by atoms with Crippen molar-refractivity contribution >= 4 is 34.1 Å². The third kappa shape index (κ3) is 3.54. The number of amides is 1. The van der Waals surface area contributed by atoms with Crippen molar-refractivity contribution in [2.24, 2.45) is 0 Å². The van der Waals surface area contributed by atoms with Crippen molar-refractivity contribution < 1.29 is 9.18 Å². The first-order valence-electron chi connectivity index (χ1n) is 10.1. The number of hydrogen-bond acceptors (Lipinski definition) is 6. The molecule has 0 spiro atoms. The molecule has 1 fully saturated rings. The van der Waals surface area contributed by atoms with Gasteiger partial charge in [-0.1, -0.05) is 6.07 Å². The summed E-state index contributed by atoms with van der Waals surface area (Å²) in [6, 6.07) is 9.97. The lowest BCUT2D eigenvalue weighted by Gasteiger charge is -2.35. The largest absolute Gasteiger partial charge is 0.352 e. The SMILES string of the molecule is Cc1nc(N2CCN(C(=O)c3cccs3)CC2)c2c(C)nn(-c3ccc(F)cc3)c2n1. The van der Waals surface area contributed by atoms with Gasteiger partial charge in [-0.15, -0.1) is 11.3 Å². The number of fused-ring (bicyclic) bond motifs is 1. The number of carbonyl (C=O) groups is 1. The van der Waals surface area contributed by atoms with Crippen molar-refractivity contribution in [2.75, 3.05) is 31.1 Å². The number of aryl methyl sites for hydroxylation is 2. The fraction of sp³-hybridized carbons (Fsp3) is 0.273. The Bertz CT molecular complexity index is 1240. The summed E-state index contributed by atoms with van der Waals surface area (Å²) in [6.45, 7) is 6.42. The van der Waals surface area contributed by atoms with Gasteiger partial charge < -0.3 is 9.80 Å². The summed E-state index contributed by atoms with van der Waals surface area (Å²) in [6.07, 6.45) is 0. The minimum atomic E-state index is -0.293. The van der Waals surface area contributed by atoms with E-state index >= 15 is 0 Å². The number of anilines is 1. The van der Waals surface area contributed by atoms with E-state index < -0.39 is 0 Å². The Labute approximate surface area is 182 Å². The first-order valence-corrected chi connectivity index (χ1v) is 11.0. The molecule has 4 heterocycles. The van der Waals surface area contributed by atoms with E-state index in [0.717, 1.165) is 27.5 Å². The Kier molecular flexibility index (Phi) is 4.90. The van der Waals surface area contributed by atoms with Crippen LogP contribution < -0.4 is 4.90 Å². The maximum atomic E-state index is 13.4. The second-order valence-corrected chi connectivity index (χ2v) is 8.47. The number of halogens is 1. The van der Waals surface area contributed by atoms with Gasteiger partial charge in [0.1, 0.15) is 17.5 Å². The minimum absolute atomic E-state index is 0.0824. The molecule has 1 saturated heterocycles. The molecular formula is C22H21FN6OS. The van der Waals surface area contributed by atoms with Gasteiger partial charge >= 0.3 is 0 Å². The highest BCUT2D eigenvalue weighted by Crippen LogP contribution is 2.30. The van der Waals surface area contributed by atoms with Crippen molar-refractivity contribution in [2.45, 2.75) is 13.8 Å². The molecule has 0 bridgehead atoms. The van der Waals surface area contributed by atoms with E-state index in [4.69, 9.17) is 4.98 Å². The second-order valence-electron chi connectivity index (χ2n) is 7.52. The van der Waals surface area contributed by atoms with Crippen LogP contribution in [0.25, 0.3) is 16.7 Å². The molecule has 158 valence electrons. The zero-order chi connectivity index (χ0) is 21.5. The molecule has 4 aromatic rings. The molecule has 9 heteroatoms. The number of rotatable bonds is 3. The normalized spacial score (nSPS) is 14.4. The zero-order valence-corrected chi connectivity index (χ0v) is 18.1. The molecule has 0 aliphatic carbocycles. The van der Waals surface area contributed by atoms with E-state index in [1.54, 1.807) is 16.8 Å². The Morgan fingerprint density at radius 3 is 2.45 bits per heavy atom. The highest BCUT2D eigenvalue weighted by Gasteiger charge is 2.26. The number of thiophene rings is 1. The van der Waals surface area contributed by atoms with Crippen molar-refractivity contribution in [3.8, 4) is 5.69 Å². The number of aromatic nitrogens is 4. The van der Waals surface area contributed by atoms with Gasteiger partial charge in [0.25, 0.3) is 5.91 Å². The lowest BCUT2D eigenvalue weighted by Crippen LogP contribution is -2.49. The van der Waals surface area contributed by atoms with E-state index in [2.05, 4.69) is 15.0 Å². The highest BCUT2D eigenvalue weighted by atomic mass is 32.1. The van der Waals surface area contributed by atoms with Crippen molar-refractivity contribution in [1.82, 2.24) is 24.6 Å². The Morgan fingerprint density at radius 2 is 1.77 bits per heavy atom. The smallest absolute Gasteiger partial charge is 0.264 e. The van der Waals surface area contributed by atoms with Gasteiger partial charge in [0.2, 0.25) is 0 Å². The van der Waals surface area contributed by atoms with Gasteiger partial charge in [-0.3, -0.25) is 4.79 Å². The molecule has 0 N–H and O–H groups in total. The van der Waals surface area contributed by atoms with Crippen LogP contribution in [0, 0.1) is 19.7 Å². The summed E-state index contributed by atoms with van der Waals surface area (Å²) in [4.78, 5) is 26.9. The molecule has 1 amide bonds. The predicted octanol–water partition coefficient (Wildman–Crippen LogP) is 3.60. The van der Waals surface area contributed by atoms with Crippen LogP contribution in [0.15, 0.2) is 41.8 Å². The van der Waals surface area contributed by atoms with E-state index in [-0.39, 0.29) is 11.7 Å². The van der Waals surface area contributed by atoms with Crippen molar-refractivity contribution in [3.05, 3.63) is 64.0 Å². The van der Waals surface area contributed by atoms with Crippen molar-refractivity contribution in [1.29, 1.82) is 0 Å². The van der Waals surface area contributed by atoms with Gasteiger partial charge in [-0.25, -0.2) is 19.0 Å². The van der Waals surface area contributed by atoms with Gasteiger partial charge in [-0.2, -0.15) is 5.10 Å². The number of nitrogens with zero attached hydrogens (tertiary/aromatic N) is 6. The van der Waals surface area contributed by atoms with Crippen LogP contribution in [0.2, 0.25) is 0 Å². The summed E-state index contributed by atoms with van der Waals surface area (Å²) in [7, 11) is 0. The van der Waals surface area contributed by atoms with Crippen LogP contribution in [-0.2, 0) is 0 Å². The molecule has 1 aliphatic rings. The standard InChI is InChI=1S/C22H21FN6OS/c1-14-19-20(27-9-11-28(12-10-27)22(30)18-4-3-13-31-18)24-15(2)25-21(19)29(26-14)17-7-5-16(23)6-8-17/h3-8,13H,9-12H2,1-2H3. The number of carbonyl (C=O) groups excluding carboxylic acids is 1. The quantitative estimate of drug-likeness (QED) is 0.491. The fourth-order valence-electron chi connectivity index (χ4n) is 3.94. The van der Waals surface area contributed by atoms with Gasteiger partial charge in [0.05, 0.1) is 21.6 Å². The second kappa shape index (κ2) is 7.73.